The first-order valence-corrected chi connectivity index (χ1v) is 6.68. The minimum atomic E-state index is 0.659. The van der Waals surface area contributed by atoms with Gasteiger partial charge in [-0.2, -0.15) is 5.10 Å². The molecule has 0 spiro atoms. The Kier molecular flexibility index (Phi) is 2.46. The smallest absolute Gasteiger partial charge is 0.0632 e. The van der Waals surface area contributed by atoms with E-state index in [2.05, 4.69) is 37.6 Å². The zero-order chi connectivity index (χ0) is 12.0. The van der Waals surface area contributed by atoms with Crippen molar-refractivity contribution in [3.8, 4) is 0 Å². The van der Waals surface area contributed by atoms with Crippen LogP contribution < -0.4 is 0 Å². The van der Waals surface area contributed by atoms with Crippen LogP contribution in [0.3, 0.4) is 0 Å². The van der Waals surface area contributed by atoms with E-state index in [4.69, 9.17) is 5.10 Å². The van der Waals surface area contributed by atoms with E-state index in [1.165, 1.54) is 41.9 Å². The van der Waals surface area contributed by atoms with E-state index in [1.807, 2.05) is 0 Å². The van der Waals surface area contributed by atoms with Crippen LogP contribution in [0.2, 0.25) is 0 Å². The Hall–Kier alpha value is -1.31. The molecule has 1 saturated carbocycles. The minimum Gasteiger partial charge on any atom is -0.241 e. The van der Waals surface area contributed by atoms with Crippen LogP contribution in [0, 0.1) is 0 Å². The zero-order valence-corrected chi connectivity index (χ0v) is 11.0. The maximum atomic E-state index is 4.76. The Morgan fingerprint density at radius 2 is 2.24 bits per heavy atom. The lowest BCUT2D eigenvalue weighted by Crippen LogP contribution is -2.00. The summed E-state index contributed by atoms with van der Waals surface area (Å²) in [4.78, 5) is 0. The fourth-order valence-corrected chi connectivity index (χ4v) is 2.80. The molecule has 1 aromatic heterocycles. The van der Waals surface area contributed by atoms with Gasteiger partial charge in [-0.25, -0.2) is 4.68 Å². The molecule has 0 N–H and O–H groups in total. The molecule has 90 valence electrons. The lowest BCUT2D eigenvalue weighted by atomic mass is 10.1. The highest BCUT2D eigenvalue weighted by Gasteiger charge is 2.37. The van der Waals surface area contributed by atoms with E-state index in [0.717, 1.165) is 6.42 Å². The molecule has 17 heavy (non-hydrogen) atoms. The fourth-order valence-electron chi connectivity index (χ4n) is 2.80. The van der Waals surface area contributed by atoms with E-state index < -0.39 is 0 Å². The quantitative estimate of drug-likeness (QED) is 0.767. The maximum Gasteiger partial charge on any atom is 0.0632 e. The number of unbranched alkanes of at least 4 members (excludes halogenated alkanes) is 1. The summed E-state index contributed by atoms with van der Waals surface area (Å²) in [5.74, 6) is 0.659. The van der Waals surface area contributed by atoms with Crippen LogP contribution in [-0.4, -0.2) is 9.78 Å². The van der Waals surface area contributed by atoms with Crippen molar-refractivity contribution >= 4 is 5.70 Å². The van der Waals surface area contributed by atoms with Crippen molar-refractivity contribution in [2.45, 2.75) is 52.4 Å². The molecule has 0 radical (unpaired) electrons. The Morgan fingerprint density at radius 3 is 3.00 bits per heavy atom. The van der Waals surface area contributed by atoms with Gasteiger partial charge < -0.3 is 0 Å². The molecule has 2 aliphatic rings. The zero-order valence-electron chi connectivity index (χ0n) is 11.0. The van der Waals surface area contributed by atoms with Gasteiger partial charge in [-0.3, -0.25) is 0 Å². The number of hydrogen-bond donors (Lipinski definition) is 0. The maximum absolute atomic E-state index is 4.76. The molecule has 0 saturated heterocycles. The second-order valence-corrected chi connectivity index (χ2v) is 5.33. The Morgan fingerprint density at radius 1 is 1.41 bits per heavy atom. The number of rotatable bonds is 3. The first-order chi connectivity index (χ1) is 8.20. The molecule has 1 fully saturated rings. The van der Waals surface area contributed by atoms with Crippen molar-refractivity contribution in [2.75, 3.05) is 0 Å². The topological polar surface area (TPSA) is 17.8 Å². The summed E-state index contributed by atoms with van der Waals surface area (Å²) in [6.07, 6.45) is 7.13. The predicted molar refractivity (Wildman–Crippen MR) is 70.8 cm³/mol. The molecule has 1 aliphatic carbocycles. The Labute approximate surface area is 103 Å². The van der Waals surface area contributed by atoms with Crippen LogP contribution in [0.4, 0.5) is 0 Å². The second kappa shape index (κ2) is 3.86. The molecule has 2 nitrogen and oxygen atoms in total. The average Bonchev–Trinajstić information content (AvgIpc) is 3.00. The highest BCUT2D eigenvalue weighted by atomic mass is 15.3. The standard InChI is InChI=1S/C15H20N2/c1-4-5-6-12-8-15-14-9-13(14)10(2)7-11(3)17(15)16-12/h7-8,14H,4-6,9H2,1-3H3. The highest BCUT2D eigenvalue weighted by Crippen LogP contribution is 2.51. The SMILES string of the molecule is CCCCc1cc2n(n1)C(C)=CC(C)=C1CC12. The van der Waals surface area contributed by atoms with E-state index in [0.29, 0.717) is 5.92 Å². The molecule has 2 heterocycles. The predicted octanol–water partition coefficient (Wildman–Crippen LogP) is 3.90. The number of allylic oxidation sites excluding steroid dienone is 4. The van der Waals surface area contributed by atoms with Gasteiger partial charge in [0.05, 0.1) is 11.4 Å². The summed E-state index contributed by atoms with van der Waals surface area (Å²) in [5, 5.41) is 4.76. The fraction of sp³-hybridized carbons (Fsp3) is 0.533. The number of hydrogen-bond acceptors (Lipinski definition) is 1. The molecular formula is C15H20N2. The van der Waals surface area contributed by atoms with E-state index in [9.17, 15) is 0 Å². The van der Waals surface area contributed by atoms with Gasteiger partial charge >= 0.3 is 0 Å². The van der Waals surface area contributed by atoms with Crippen molar-refractivity contribution in [3.05, 3.63) is 34.7 Å². The van der Waals surface area contributed by atoms with Gasteiger partial charge in [0.1, 0.15) is 0 Å². The molecule has 3 rings (SSSR count). The minimum absolute atomic E-state index is 0.659. The number of aromatic nitrogens is 2. The summed E-state index contributed by atoms with van der Waals surface area (Å²) < 4.78 is 2.17. The molecule has 1 aromatic rings. The lowest BCUT2D eigenvalue weighted by molar-refractivity contribution is 0.748. The number of nitrogens with zero attached hydrogens (tertiary/aromatic N) is 2. The number of fused-ring (bicyclic) bond motifs is 3. The van der Waals surface area contributed by atoms with Crippen LogP contribution in [-0.2, 0) is 6.42 Å². The third-order valence-corrected chi connectivity index (χ3v) is 3.88. The van der Waals surface area contributed by atoms with Crippen LogP contribution in [0.25, 0.3) is 5.70 Å². The Bertz CT molecular complexity index is 517. The Balaban J connectivity index is 1.97. The molecule has 0 amide bonds. The monoisotopic (exact) mass is 228 g/mol. The van der Waals surface area contributed by atoms with Crippen molar-refractivity contribution in [3.63, 3.8) is 0 Å². The van der Waals surface area contributed by atoms with Crippen LogP contribution >= 0.6 is 0 Å². The molecular weight excluding hydrogens is 208 g/mol. The van der Waals surface area contributed by atoms with Crippen LogP contribution in [0.5, 0.6) is 0 Å². The van der Waals surface area contributed by atoms with Gasteiger partial charge in [0, 0.05) is 11.6 Å². The molecule has 1 aliphatic heterocycles. The highest BCUT2D eigenvalue weighted by molar-refractivity contribution is 5.59. The van der Waals surface area contributed by atoms with Gasteiger partial charge in [0.15, 0.2) is 0 Å². The third-order valence-electron chi connectivity index (χ3n) is 3.88. The summed E-state index contributed by atoms with van der Waals surface area (Å²) in [5.41, 5.74) is 7.01. The van der Waals surface area contributed by atoms with Gasteiger partial charge in [-0.1, -0.05) is 18.9 Å². The van der Waals surface area contributed by atoms with Crippen molar-refractivity contribution in [2.24, 2.45) is 0 Å². The summed E-state index contributed by atoms with van der Waals surface area (Å²) >= 11 is 0. The summed E-state index contributed by atoms with van der Waals surface area (Å²) in [6, 6.07) is 2.32. The van der Waals surface area contributed by atoms with Gasteiger partial charge in [0.25, 0.3) is 0 Å². The second-order valence-electron chi connectivity index (χ2n) is 5.33. The average molecular weight is 228 g/mol. The van der Waals surface area contributed by atoms with Crippen LogP contribution in [0.1, 0.15) is 57.3 Å². The van der Waals surface area contributed by atoms with Crippen molar-refractivity contribution in [1.82, 2.24) is 9.78 Å². The largest absolute Gasteiger partial charge is 0.241 e. The molecule has 1 atom stereocenters. The normalized spacial score (nSPS) is 21.8. The molecule has 0 aromatic carbocycles. The first kappa shape index (κ1) is 10.8. The third kappa shape index (κ3) is 1.76. The van der Waals surface area contributed by atoms with Gasteiger partial charge in [0.2, 0.25) is 0 Å². The van der Waals surface area contributed by atoms with E-state index in [1.54, 1.807) is 5.57 Å². The molecule has 0 bridgehead atoms. The summed E-state index contributed by atoms with van der Waals surface area (Å²) in [6.45, 7) is 6.62. The van der Waals surface area contributed by atoms with E-state index >= 15 is 0 Å². The van der Waals surface area contributed by atoms with E-state index in [-0.39, 0.29) is 0 Å². The van der Waals surface area contributed by atoms with Gasteiger partial charge in [-0.05, 0) is 50.8 Å². The number of aryl methyl sites for hydroxylation is 1. The van der Waals surface area contributed by atoms with Crippen molar-refractivity contribution in [1.29, 1.82) is 0 Å². The summed E-state index contributed by atoms with van der Waals surface area (Å²) in [7, 11) is 0. The van der Waals surface area contributed by atoms with Crippen LogP contribution in [0.15, 0.2) is 23.3 Å². The van der Waals surface area contributed by atoms with Crippen molar-refractivity contribution < 1.29 is 0 Å². The molecule has 1 unspecified atom stereocenters. The molecule has 2 heteroatoms. The first-order valence-electron chi connectivity index (χ1n) is 6.68. The lowest BCUT2D eigenvalue weighted by Gasteiger charge is -2.04. The van der Waals surface area contributed by atoms with Gasteiger partial charge in [-0.15, -0.1) is 0 Å².